The van der Waals surface area contributed by atoms with Gasteiger partial charge in [0.25, 0.3) is 11.8 Å². The molecule has 16 heteroatoms. The Kier molecular flexibility index (Phi) is 7.37. The minimum atomic E-state index is -3.13. The van der Waals surface area contributed by atoms with Gasteiger partial charge in [0.15, 0.2) is 11.3 Å². The van der Waals surface area contributed by atoms with E-state index in [0.717, 1.165) is 4.90 Å². The SMILES string of the molecule is COCC(c1cnn2cc(C(NC(=O)c3nonc3C)C3CCC(F)(F)CC3)nc2c1)N1CC(F)(F)CNC1=O. The molecule has 0 radical (unpaired) electrons. The number of rotatable bonds is 8. The second kappa shape index (κ2) is 10.6. The van der Waals surface area contributed by atoms with E-state index in [2.05, 4.69) is 35.7 Å². The smallest absolute Gasteiger partial charge is 0.318 e. The maximum Gasteiger partial charge on any atom is 0.318 e. The van der Waals surface area contributed by atoms with E-state index in [4.69, 9.17) is 4.74 Å². The molecule has 12 nitrogen and oxygen atoms in total. The zero-order valence-electron chi connectivity index (χ0n) is 21.7. The van der Waals surface area contributed by atoms with Crippen LogP contribution >= 0.6 is 0 Å². The van der Waals surface area contributed by atoms with Crippen molar-refractivity contribution in [2.45, 2.75) is 56.5 Å². The Morgan fingerprint density at radius 2 is 2.00 bits per heavy atom. The molecule has 3 amide bonds. The predicted molar refractivity (Wildman–Crippen MR) is 129 cm³/mol. The van der Waals surface area contributed by atoms with Gasteiger partial charge in [0.05, 0.1) is 49.9 Å². The number of hydrogen-bond acceptors (Lipinski definition) is 8. The van der Waals surface area contributed by atoms with Crippen molar-refractivity contribution in [2.75, 3.05) is 26.8 Å². The number of nitrogens with one attached hydrogen (secondary N) is 2. The molecular formula is C24H28F4N8O4. The Morgan fingerprint density at radius 1 is 1.25 bits per heavy atom. The van der Waals surface area contributed by atoms with E-state index in [1.165, 1.54) is 17.8 Å². The van der Waals surface area contributed by atoms with Gasteiger partial charge in [-0.3, -0.25) is 4.79 Å². The van der Waals surface area contributed by atoms with Crippen molar-refractivity contribution < 1.29 is 36.5 Å². The van der Waals surface area contributed by atoms with Crippen molar-refractivity contribution in [3.8, 4) is 0 Å². The minimum Gasteiger partial charge on any atom is -0.382 e. The molecule has 1 saturated heterocycles. The van der Waals surface area contributed by atoms with E-state index in [9.17, 15) is 27.2 Å². The van der Waals surface area contributed by atoms with Gasteiger partial charge in [-0.05, 0) is 36.9 Å². The topological polar surface area (TPSA) is 140 Å². The van der Waals surface area contributed by atoms with Crippen LogP contribution in [-0.4, -0.2) is 80.4 Å². The Labute approximate surface area is 225 Å². The van der Waals surface area contributed by atoms with Crippen LogP contribution in [0.2, 0.25) is 0 Å². The summed E-state index contributed by atoms with van der Waals surface area (Å²) in [5.41, 5.74) is 1.31. The molecule has 4 heterocycles. The number of carbonyl (C=O) groups excluding carboxylic acids is 2. The molecular weight excluding hydrogens is 540 g/mol. The molecule has 2 fully saturated rings. The summed E-state index contributed by atoms with van der Waals surface area (Å²) in [6.07, 6.45) is 2.62. The highest BCUT2D eigenvalue weighted by molar-refractivity contribution is 5.93. The van der Waals surface area contributed by atoms with Crippen molar-refractivity contribution in [3.05, 3.63) is 41.1 Å². The van der Waals surface area contributed by atoms with E-state index < -0.39 is 49.0 Å². The van der Waals surface area contributed by atoms with Gasteiger partial charge in [0, 0.05) is 25.5 Å². The Bertz CT molecular complexity index is 1390. The molecule has 2 N–H and O–H groups in total. The Balaban J connectivity index is 1.46. The molecule has 1 aliphatic carbocycles. The molecule has 0 spiro atoms. The summed E-state index contributed by atoms with van der Waals surface area (Å²) in [6.45, 7) is -0.0800. The predicted octanol–water partition coefficient (Wildman–Crippen LogP) is 3.07. The van der Waals surface area contributed by atoms with Gasteiger partial charge >= 0.3 is 6.03 Å². The zero-order chi connectivity index (χ0) is 28.7. The normalized spacial score (nSPS) is 20.8. The monoisotopic (exact) mass is 568 g/mol. The number of carbonyl (C=O) groups is 2. The zero-order valence-corrected chi connectivity index (χ0v) is 21.7. The highest BCUT2D eigenvalue weighted by atomic mass is 19.3. The number of aryl methyl sites for hydroxylation is 1. The Morgan fingerprint density at radius 3 is 2.67 bits per heavy atom. The van der Waals surface area contributed by atoms with Gasteiger partial charge in [-0.25, -0.2) is 36.5 Å². The number of hydrogen-bond donors (Lipinski definition) is 2. The quantitative estimate of drug-likeness (QED) is 0.396. The number of ether oxygens (including phenoxy) is 1. The standard InChI is InChI=1S/C24H28F4N8O4/c1-13-19(34-40-33-13)21(37)32-20(14-3-5-23(25,26)6-4-14)16-9-36-18(31-16)7-15(8-30-36)17(10-39-2)35-12-24(27,28)11-29-22(35)38/h7-9,14,17,20H,3-6,10-12H2,1-2H3,(H,29,38)(H,32,37). The maximum atomic E-state index is 14.1. The Hall–Kier alpha value is -3.82. The van der Waals surface area contributed by atoms with Crippen LogP contribution < -0.4 is 10.6 Å². The number of halogens is 4. The number of fused-ring (bicyclic) bond motifs is 1. The van der Waals surface area contributed by atoms with Gasteiger partial charge in [0.2, 0.25) is 5.92 Å². The first-order valence-corrected chi connectivity index (χ1v) is 12.7. The summed E-state index contributed by atoms with van der Waals surface area (Å²) < 4.78 is 67.4. The largest absolute Gasteiger partial charge is 0.382 e. The molecule has 3 aromatic heterocycles. The molecule has 3 aromatic rings. The molecule has 40 heavy (non-hydrogen) atoms. The van der Waals surface area contributed by atoms with Crippen LogP contribution in [0, 0.1) is 12.8 Å². The van der Waals surface area contributed by atoms with Gasteiger partial charge in [-0.1, -0.05) is 5.16 Å². The van der Waals surface area contributed by atoms with Gasteiger partial charge in [0.1, 0.15) is 5.69 Å². The molecule has 5 rings (SSSR count). The second-order valence-electron chi connectivity index (χ2n) is 10.2. The first kappa shape index (κ1) is 27.7. The van der Waals surface area contributed by atoms with Gasteiger partial charge < -0.3 is 20.3 Å². The lowest BCUT2D eigenvalue weighted by molar-refractivity contribution is -0.0510. The van der Waals surface area contributed by atoms with Crippen LogP contribution in [0.5, 0.6) is 0 Å². The van der Waals surface area contributed by atoms with Crippen LogP contribution in [0.4, 0.5) is 22.4 Å². The first-order chi connectivity index (χ1) is 19.0. The average Bonchev–Trinajstić information content (AvgIpc) is 3.53. The molecule has 1 saturated carbocycles. The van der Waals surface area contributed by atoms with Crippen molar-refractivity contribution >= 4 is 17.6 Å². The summed E-state index contributed by atoms with van der Waals surface area (Å²) in [7, 11) is 1.39. The third-order valence-corrected chi connectivity index (χ3v) is 7.31. The number of nitrogens with zero attached hydrogens (tertiary/aromatic N) is 6. The lowest BCUT2D eigenvalue weighted by atomic mass is 9.81. The van der Waals surface area contributed by atoms with Crippen LogP contribution in [0.25, 0.3) is 5.65 Å². The van der Waals surface area contributed by atoms with Crippen molar-refractivity contribution in [1.82, 2.24) is 40.4 Å². The lowest BCUT2D eigenvalue weighted by Gasteiger charge is -2.38. The van der Waals surface area contributed by atoms with Crippen LogP contribution in [0.3, 0.4) is 0 Å². The number of imidazole rings is 1. The number of methoxy groups -OCH3 is 1. The molecule has 216 valence electrons. The van der Waals surface area contributed by atoms with E-state index >= 15 is 0 Å². The van der Waals surface area contributed by atoms with Crippen LogP contribution in [0.1, 0.15) is 65.2 Å². The molecule has 0 aromatic carbocycles. The van der Waals surface area contributed by atoms with Crippen molar-refractivity contribution in [2.24, 2.45) is 5.92 Å². The summed E-state index contributed by atoms with van der Waals surface area (Å²) in [4.78, 5) is 31.0. The minimum absolute atomic E-state index is 0.0330. The highest BCUT2D eigenvalue weighted by Gasteiger charge is 2.43. The average molecular weight is 569 g/mol. The van der Waals surface area contributed by atoms with E-state index in [1.54, 1.807) is 19.2 Å². The summed E-state index contributed by atoms with van der Waals surface area (Å²) >= 11 is 0. The number of alkyl halides is 4. The first-order valence-electron chi connectivity index (χ1n) is 12.7. The summed E-state index contributed by atoms with van der Waals surface area (Å²) in [5.74, 6) is -6.85. The third kappa shape index (κ3) is 5.71. The van der Waals surface area contributed by atoms with E-state index in [0.29, 0.717) is 16.9 Å². The number of amides is 3. The van der Waals surface area contributed by atoms with Crippen molar-refractivity contribution in [3.63, 3.8) is 0 Å². The highest BCUT2D eigenvalue weighted by Crippen LogP contribution is 2.41. The third-order valence-electron chi connectivity index (χ3n) is 7.31. The number of aromatic nitrogens is 5. The van der Waals surface area contributed by atoms with Crippen LogP contribution in [0.15, 0.2) is 23.1 Å². The fourth-order valence-electron chi connectivity index (χ4n) is 5.18. The molecule has 2 unspecified atom stereocenters. The lowest BCUT2D eigenvalue weighted by Crippen LogP contribution is -2.58. The summed E-state index contributed by atoms with van der Waals surface area (Å²) in [5, 5.41) is 16.6. The van der Waals surface area contributed by atoms with E-state index in [1.807, 2.05) is 0 Å². The van der Waals surface area contributed by atoms with Crippen molar-refractivity contribution in [1.29, 1.82) is 0 Å². The molecule has 2 atom stereocenters. The van der Waals surface area contributed by atoms with Crippen LogP contribution in [-0.2, 0) is 4.74 Å². The van der Waals surface area contributed by atoms with Gasteiger partial charge in [-0.15, -0.1) is 0 Å². The molecule has 1 aliphatic heterocycles. The summed E-state index contributed by atoms with van der Waals surface area (Å²) in [6, 6.07) is -0.718. The molecule has 0 bridgehead atoms. The number of urea groups is 1. The fraction of sp³-hybridized carbons (Fsp3) is 0.583. The second-order valence-corrected chi connectivity index (χ2v) is 10.2. The van der Waals surface area contributed by atoms with Gasteiger partial charge in [-0.2, -0.15) is 5.10 Å². The molecule has 2 aliphatic rings. The van der Waals surface area contributed by atoms with E-state index in [-0.39, 0.29) is 49.6 Å². The fourth-order valence-corrected chi connectivity index (χ4v) is 5.18. The maximum absolute atomic E-state index is 14.1.